The zero-order chi connectivity index (χ0) is 39.8. The molecule has 0 unspecified atom stereocenters. The predicted molar refractivity (Wildman–Crippen MR) is 247 cm³/mol. The first kappa shape index (κ1) is 33.7. The summed E-state index contributed by atoms with van der Waals surface area (Å²) < 4.78 is 11.9. The molecule has 6 heteroatoms. The first-order valence-corrected chi connectivity index (χ1v) is 22.0. The number of furan rings is 1. The van der Waals surface area contributed by atoms with Gasteiger partial charge in [0.2, 0.25) is 0 Å². The molecule has 7 aromatic carbocycles. The highest BCUT2D eigenvalue weighted by atomic mass is 16.3. The maximum atomic E-state index is 6.99. The summed E-state index contributed by atoms with van der Waals surface area (Å²) in [6, 6.07) is 56.3. The monoisotopic (exact) mass is 787 g/mol. The second kappa shape index (κ2) is 12.5. The summed E-state index contributed by atoms with van der Waals surface area (Å²) in [7, 11) is 0. The number of aromatic nitrogens is 5. The molecule has 0 amide bonds. The molecular weight excluding hydrogens is 747 g/mol. The first-order valence-electron chi connectivity index (χ1n) is 22.0. The lowest BCUT2D eigenvalue weighted by Crippen LogP contribution is -2.49. The van der Waals surface area contributed by atoms with Crippen LogP contribution in [0.25, 0.3) is 99.7 Å². The van der Waals surface area contributed by atoms with Gasteiger partial charge in [-0.25, -0.2) is 15.0 Å². The van der Waals surface area contributed by atoms with Crippen LogP contribution in [0, 0.1) is 17.8 Å². The standard InChI is InChI=1S/C55H41N5O/c1-3-13-36(14-4-1)52-56-53(58-54(57-52)55-30-33-27-34(31-55)29-35(28-33)32-55)37-23-25-39(26-24-37)60-43-20-10-7-17-40(43)46-49-47(51-48(50(46)60)42-19-9-12-22-45(42)61-51)41-18-8-11-21-44(41)59(49)38-15-5-2-6-16-38/h1-26,33-35H,27-32H2. The molecule has 4 saturated carbocycles. The molecule has 4 aliphatic rings. The second-order valence-corrected chi connectivity index (χ2v) is 18.2. The third-order valence-electron chi connectivity index (χ3n) is 14.6. The van der Waals surface area contributed by atoms with Crippen molar-refractivity contribution < 1.29 is 4.42 Å². The number of nitrogens with zero attached hydrogens (tertiary/aromatic N) is 5. The van der Waals surface area contributed by atoms with Crippen LogP contribution in [-0.4, -0.2) is 24.1 Å². The van der Waals surface area contributed by atoms with Gasteiger partial charge in [0.15, 0.2) is 11.6 Å². The summed E-state index contributed by atoms with van der Waals surface area (Å²) in [4.78, 5) is 16.0. The van der Waals surface area contributed by atoms with E-state index in [-0.39, 0.29) is 5.41 Å². The van der Waals surface area contributed by atoms with Crippen molar-refractivity contribution in [3.05, 3.63) is 164 Å². The summed E-state index contributed by atoms with van der Waals surface area (Å²) in [6.45, 7) is 0. The van der Waals surface area contributed by atoms with E-state index in [1.807, 2.05) is 0 Å². The minimum atomic E-state index is 0.0468. The molecule has 4 fully saturated rings. The van der Waals surface area contributed by atoms with Gasteiger partial charge in [0.25, 0.3) is 0 Å². The van der Waals surface area contributed by atoms with Crippen LogP contribution in [0.3, 0.4) is 0 Å². The quantitative estimate of drug-likeness (QED) is 0.174. The number of benzene rings is 7. The summed E-state index contributed by atoms with van der Waals surface area (Å²) in [5.41, 5.74) is 10.6. The third-order valence-corrected chi connectivity index (χ3v) is 14.6. The number of hydrogen-bond donors (Lipinski definition) is 0. The van der Waals surface area contributed by atoms with E-state index in [9.17, 15) is 0 Å². The predicted octanol–water partition coefficient (Wildman–Crippen LogP) is 13.8. The first-order chi connectivity index (χ1) is 30.2. The maximum absolute atomic E-state index is 6.99. The molecule has 0 saturated heterocycles. The van der Waals surface area contributed by atoms with Crippen molar-refractivity contribution in [2.75, 3.05) is 0 Å². The van der Waals surface area contributed by atoms with Crippen LogP contribution < -0.4 is 0 Å². The largest absolute Gasteiger partial charge is 0.455 e. The minimum absolute atomic E-state index is 0.0468. The van der Waals surface area contributed by atoms with E-state index in [4.69, 9.17) is 19.4 Å². The molecule has 61 heavy (non-hydrogen) atoms. The molecule has 292 valence electrons. The van der Waals surface area contributed by atoms with Crippen LogP contribution in [0.2, 0.25) is 0 Å². The van der Waals surface area contributed by atoms with E-state index in [2.05, 4.69) is 167 Å². The van der Waals surface area contributed by atoms with Gasteiger partial charge in [0, 0.05) is 49.5 Å². The Morgan fingerprint density at radius 2 is 0.918 bits per heavy atom. The number of fused-ring (bicyclic) bond motifs is 12. The van der Waals surface area contributed by atoms with E-state index in [1.165, 1.54) is 54.7 Å². The molecule has 0 atom stereocenters. The van der Waals surface area contributed by atoms with E-state index in [1.54, 1.807) is 0 Å². The molecule has 11 aromatic rings. The average molecular weight is 788 g/mol. The lowest BCUT2D eigenvalue weighted by Gasteiger charge is -2.56. The average Bonchev–Trinajstić information content (AvgIpc) is 3.97. The molecule has 0 radical (unpaired) electrons. The SMILES string of the molecule is c1ccc(-c2nc(-c3ccc(-n4c5ccccc5c5c6c(c7ccccc7n6-c6ccccc6)c6oc7ccccc7c6c54)cc3)nc(C34CC5CC(CC(C5)C3)C4)n2)cc1. The fourth-order valence-electron chi connectivity index (χ4n) is 12.6. The van der Waals surface area contributed by atoms with Crippen molar-refractivity contribution in [3.8, 4) is 34.2 Å². The topological polar surface area (TPSA) is 61.7 Å². The molecular formula is C55H41N5O. The van der Waals surface area contributed by atoms with Crippen LogP contribution in [-0.2, 0) is 5.41 Å². The van der Waals surface area contributed by atoms with E-state index >= 15 is 0 Å². The highest BCUT2D eigenvalue weighted by Gasteiger charge is 2.53. The van der Waals surface area contributed by atoms with Gasteiger partial charge in [-0.15, -0.1) is 0 Å². The van der Waals surface area contributed by atoms with E-state index < -0.39 is 0 Å². The van der Waals surface area contributed by atoms with Crippen molar-refractivity contribution in [3.63, 3.8) is 0 Å². The van der Waals surface area contributed by atoms with Crippen molar-refractivity contribution in [1.82, 2.24) is 24.1 Å². The Kier molecular flexibility index (Phi) is 6.91. The van der Waals surface area contributed by atoms with Crippen molar-refractivity contribution in [1.29, 1.82) is 0 Å². The van der Waals surface area contributed by atoms with Crippen LogP contribution in [0.15, 0.2) is 162 Å². The van der Waals surface area contributed by atoms with Gasteiger partial charge < -0.3 is 13.6 Å². The summed E-state index contributed by atoms with van der Waals surface area (Å²) in [5.74, 6) is 4.93. The zero-order valence-electron chi connectivity index (χ0n) is 33.6. The Balaban J connectivity index is 1.03. The Morgan fingerprint density at radius 1 is 0.443 bits per heavy atom. The van der Waals surface area contributed by atoms with Gasteiger partial charge in [-0.3, -0.25) is 0 Å². The summed E-state index contributed by atoms with van der Waals surface area (Å²) in [6.07, 6.45) is 7.76. The van der Waals surface area contributed by atoms with Gasteiger partial charge in [-0.1, -0.05) is 103 Å². The Bertz CT molecular complexity index is 3520. The summed E-state index contributed by atoms with van der Waals surface area (Å²) >= 11 is 0. The van der Waals surface area contributed by atoms with Crippen molar-refractivity contribution in [2.24, 2.45) is 17.8 Å². The van der Waals surface area contributed by atoms with Gasteiger partial charge in [0.05, 0.1) is 32.8 Å². The molecule has 6 nitrogen and oxygen atoms in total. The summed E-state index contributed by atoms with van der Waals surface area (Å²) in [5, 5.41) is 6.95. The molecule has 0 spiro atoms. The van der Waals surface area contributed by atoms with E-state index in [0.29, 0.717) is 0 Å². The molecule has 0 aliphatic heterocycles. The lowest BCUT2D eigenvalue weighted by atomic mass is 9.49. The highest BCUT2D eigenvalue weighted by Crippen LogP contribution is 2.60. The van der Waals surface area contributed by atoms with Crippen LogP contribution in [0.1, 0.15) is 44.3 Å². The van der Waals surface area contributed by atoms with Crippen molar-refractivity contribution >= 4 is 65.6 Å². The van der Waals surface area contributed by atoms with Crippen LogP contribution in [0.4, 0.5) is 0 Å². The Labute approximate surface area is 352 Å². The normalized spacial score (nSPS) is 21.0. The fraction of sp³-hybridized carbons (Fsp3) is 0.182. The molecule has 4 aliphatic carbocycles. The second-order valence-electron chi connectivity index (χ2n) is 18.2. The third kappa shape index (κ3) is 4.82. The van der Waals surface area contributed by atoms with Gasteiger partial charge >= 0.3 is 0 Å². The fourth-order valence-corrected chi connectivity index (χ4v) is 12.6. The Morgan fingerprint density at radius 3 is 1.54 bits per heavy atom. The molecule has 4 bridgehead atoms. The molecule has 4 aromatic heterocycles. The highest BCUT2D eigenvalue weighted by molar-refractivity contribution is 6.39. The molecule has 0 N–H and O–H groups in total. The van der Waals surface area contributed by atoms with Crippen molar-refractivity contribution in [2.45, 2.75) is 43.9 Å². The smallest absolute Gasteiger partial charge is 0.163 e. The lowest BCUT2D eigenvalue weighted by molar-refractivity contribution is -0.00938. The Hall–Kier alpha value is -7.05. The van der Waals surface area contributed by atoms with Gasteiger partial charge in [0.1, 0.15) is 17.0 Å². The van der Waals surface area contributed by atoms with Crippen LogP contribution in [0.5, 0.6) is 0 Å². The van der Waals surface area contributed by atoms with Gasteiger partial charge in [-0.2, -0.15) is 0 Å². The van der Waals surface area contributed by atoms with Crippen LogP contribution >= 0.6 is 0 Å². The van der Waals surface area contributed by atoms with E-state index in [0.717, 1.165) is 107 Å². The number of hydrogen-bond acceptors (Lipinski definition) is 4. The molecule has 15 rings (SSSR count). The number of para-hydroxylation sites is 4. The number of rotatable bonds is 5. The zero-order valence-corrected chi connectivity index (χ0v) is 33.6. The minimum Gasteiger partial charge on any atom is -0.455 e. The molecule has 4 heterocycles. The maximum Gasteiger partial charge on any atom is 0.163 e. The van der Waals surface area contributed by atoms with Gasteiger partial charge in [-0.05, 0) is 111 Å².